The molecule has 114 valence electrons. The molecule has 0 amide bonds. The molecule has 0 radical (unpaired) electrons. The molecule has 0 saturated heterocycles. The first kappa shape index (κ1) is 15.9. The Labute approximate surface area is 130 Å². The van der Waals surface area contributed by atoms with E-state index in [9.17, 15) is 0 Å². The van der Waals surface area contributed by atoms with Crippen LogP contribution in [0.5, 0.6) is 10.9 Å². The first-order valence-corrected chi connectivity index (χ1v) is 8.24. The van der Waals surface area contributed by atoms with Gasteiger partial charge in [-0.3, -0.25) is 0 Å². The minimum Gasteiger partial charge on any atom is -0.429 e. The summed E-state index contributed by atoms with van der Waals surface area (Å²) in [6, 6.07) is 8.58. The predicted molar refractivity (Wildman–Crippen MR) is 87.1 cm³/mol. The summed E-state index contributed by atoms with van der Waals surface area (Å²) in [6.45, 7) is 9.34. The molecule has 1 unspecified atom stereocenters. The van der Waals surface area contributed by atoms with Gasteiger partial charge in [-0.25, -0.2) is 0 Å². The van der Waals surface area contributed by atoms with Gasteiger partial charge in [0.1, 0.15) is 10.8 Å². The molecule has 0 saturated carbocycles. The van der Waals surface area contributed by atoms with E-state index < -0.39 is 0 Å². The van der Waals surface area contributed by atoms with Gasteiger partial charge in [-0.2, -0.15) is 0 Å². The number of nitrogens with one attached hydrogen (secondary N) is 1. The fourth-order valence-corrected chi connectivity index (χ4v) is 2.59. The third-order valence-corrected chi connectivity index (χ3v) is 4.17. The largest absolute Gasteiger partial charge is 0.429 e. The van der Waals surface area contributed by atoms with E-state index in [0.717, 1.165) is 23.7 Å². The lowest BCUT2D eigenvalue weighted by Crippen LogP contribution is -2.21. The van der Waals surface area contributed by atoms with Crippen molar-refractivity contribution in [3.8, 4) is 10.9 Å². The quantitative estimate of drug-likeness (QED) is 0.826. The number of hydrogen-bond acceptors (Lipinski definition) is 5. The van der Waals surface area contributed by atoms with Crippen molar-refractivity contribution in [2.24, 2.45) is 0 Å². The number of nitrogens with zero attached hydrogens (tertiary/aromatic N) is 2. The second kappa shape index (κ2) is 7.52. The molecule has 2 rings (SSSR count). The number of aromatic nitrogens is 2. The van der Waals surface area contributed by atoms with Gasteiger partial charge in [0.05, 0.1) is 6.54 Å². The maximum absolute atomic E-state index is 5.94. The molecule has 2 aromatic rings. The van der Waals surface area contributed by atoms with E-state index in [4.69, 9.17) is 4.74 Å². The van der Waals surface area contributed by atoms with Gasteiger partial charge in [0, 0.05) is 6.04 Å². The molecule has 4 nitrogen and oxygen atoms in total. The molecule has 0 aliphatic heterocycles. The molecular weight excluding hydrogens is 282 g/mol. The molecule has 5 heteroatoms. The van der Waals surface area contributed by atoms with Crippen LogP contribution >= 0.6 is 11.3 Å². The van der Waals surface area contributed by atoms with Crippen LogP contribution in [0.1, 0.15) is 50.6 Å². The monoisotopic (exact) mass is 305 g/mol. The molecule has 1 aromatic carbocycles. The molecule has 21 heavy (non-hydrogen) atoms. The zero-order valence-electron chi connectivity index (χ0n) is 13.1. The lowest BCUT2D eigenvalue weighted by molar-refractivity contribution is 0.461. The molecule has 1 aromatic heterocycles. The summed E-state index contributed by atoms with van der Waals surface area (Å²) in [5.41, 5.74) is 1.22. The van der Waals surface area contributed by atoms with Crippen molar-refractivity contribution in [1.29, 1.82) is 0 Å². The standard InChI is InChI=1S/C16H23N3OS/c1-5-12(4)13-8-6-7-9-14(13)20-16-19-18-15(21-16)10-17-11(2)3/h6-9,11-12,17H,5,10H2,1-4H3. The van der Waals surface area contributed by atoms with Crippen molar-refractivity contribution in [1.82, 2.24) is 15.5 Å². The van der Waals surface area contributed by atoms with E-state index in [0.29, 0.717) is 17.2 Å². The van der Waals surface area contributed by atoms with Crippen LogP contribution in [0.25, 0.3) is 0 Å². The third kappa shape index (κ3) is 4.51. The lowest BCUT2D eigenvalue weighted by Gasteiger charge is -2.13. The van der Waals surface area contributed by atoms with E-state index in [1.54, 1.807) is 0 Å². The van der Waals surface area contributed by atoms with Crippen LogP contribution in [0, 0.1) is 0 Å². The second-order valence-electron chi connectivity index (χ2n) is 5.45. The van der Waals surface area contributed by atoms with Crippen LogP contribution in [-0.2, 0) is 6.54 Å². The summed E-state index contributed by atoms with van der Waals surface area (Å²) in [5.74, 6) is 1.35. The molecule has 1 heterocycles. The van der Waals surface area contributed by atoms with Gasteiger partial charge in [0.25, 0.3) is 5.19 Å². The SMILES string of the molecule is CCC(C)c1ccccc1Oc1nnc(CNC(C)C)s1. The average molecular weight is 305 g/mol. The highest BCUT2D eigenvalue weighted by Gasteiger charge is 2.12. The Balaban J connectivity index is 2.08. The molecule has 0 spiro atoms. The summed E-state index contributed by atoms with van der Waals surface area (Å²) < 4.78 is 5.94. The van der Waals surface area contributed by atoms with Crippen LogP contribution < -0.4 is 10.1 Å². The number of hydrogen-bond donors (Lipinski definition) is 1. The van der Waals surface area contributed by atoms with Gasteiger partial charge in [-0.05, 0) is 24.0 Å². The Bertz CT molecular complexity index is 568. The van der Waals surface area contributed by atoms with E-state index in [-0.39, 0.29) is 0 Å². The van der Waals surface area contributed by atoms with E-state index in [1.807, 2.05) is 18.2 Å². The Kier molecular flexibility index (Phi) is 5.70. The summed E-state index contributed by atoms with van der Waals surface area (Å²) in [5, 5.41) is 13.2. The normalized spacial score (nSPS) is 12.6. The van der Waals surface area contributed by atoms with Gasteiger partial charge in [0.15, 0.2) is 0 Å². The summed E-state index contributed by atoms with van der Waals surface area (Å²) in [7, 11) is 0. The van der Waals surface area contributed by atoms with Crippen molar-refractivity contribution in [2.45, 2.75) is 52.6 Å². The van der Waals surface area contributed by atoms with Crippen LogP contribution in [0.2, 0.25) is 0 Å². The van der Waals surface area contributed by atoms with Crippen LogP contribution in [0.3, 0.4) is 0 Å². The summed E-state index contributed by atoms with van der Waals surface area (Å²) in [4.78, 5) is 0. The van der Waals surface area contributed by atoms with E-state index in [2.05, 4.69) is 49.3 Å². The molecular formula is C16H23N3OS. The van der Waals surface area contributed by atoms with Crippen LogP contribution in [0.4, 0.5) is 0 Å². The summed E-state index contributed by atoms with van der Waals surface area (Å²) >= 11 is 1.49. The second-order valence-corrected chi connectivity index (χ2v) is 6.47. The zero-order chi connectivity index (χ0) is 15.2. The Hall–Kier alpha value is -1.46. The molecule has 0 fully saturated rings. The van der Waals surface area contributed by atoms with Crippen molar-refractivity contribution >= 4 is 11.3 Å². The number of benzene rings is 1. The maximum Gasteiger partial charge on any atom is 0.299 e. The first-order chi connectivity index (χ1) is 10.1. The van der Waals surface area contributed by atoms with Crippen LogP contribution in [0.15, 0.2) is 24.3 Å². The topological polar surface area (TPSA) is 47.0 Å². The van der Waals surface area contributed by atoms with Crippen LogP contribution in [-0.4, -0.2) is 16.2 Å². The molecule has 0 bridgehead atoms. The third-order valence-electron chi connectivity index (χ3n) is 3.37. The fraction of sp³-hybridized carbons (Fsp3) is 0.500. The van der Waals surface area contributed by atoms with E-state index in [1.165, 1.54) is 16.9 Å². The fourth-order valence-electron chi connectivity index (χ4n) is 1.94. The minimum atomic E-state index is 0.435. The van der Waals surface area contributed by atoms with Crippen molar-refractivity contribution < 1.29 is 4.74 Å². The number of rotatable bonds is 7. The van der Waals surface area contributed by atoms with Gasteiger partial charge in [0.2, 0.25) is 0 Å². The smallest absolute Gasteiger partial charge is 0.299 e. The molecule has 0 aliphatic rings. The highest BCUT2D eigenvalue weighted by Crippen LogP contribution is 2.33. The molecule has 1 N–H and O–H groups in total. The Morgan fingerprint density at radius 3 is 2.67 bits per heavy atom. The maximum atomic E-state index is 5.94. The highest BCUT2D eigenvalue weighted by atomic mass is 32.1. The van der Waals surface area contributed by atoms with Crippen molar-refractivity contribution in [2.75, 3.05) is 0 Å². The summed E-state index contributed by atoms with van der Waals surface area (Å²) in [6.07, 6.45) is 1.08. The van der Waals surface area contributed by atoms with Gasteiger partial charge >= 0.3 is 0 Å². The van der Waals surface area contributed by atoms with Gasteiger partial charge in [-0.15, -0.1) is 5.10 Å². The first-order valence-electron chi connectivity index (χ1n) is 7.42. The van der Waals surface area contributed by atoms with E-state index >= 15 is 0 Å². The Morgan fingerprint density at radius 1 is 1.19 bits per heavy atom. The Morgan fingerprint density at radius 2 is 1.95 bits per heavy atom. The number of ether oxygens (including phenoxy) is 1. The van der Waals surface area contributed by atoms with Gasteiger partial charge < -0.3 is 10.1 Å². The van der Waals surface area contributed by atoms with Crippen molar-refractivity contribution in [3.05, 3.63) is 34.8 Å². The lowest BCUT2D eigenvalue weighted by atomic mass is 9.98. The van der Waals surface area contributed by atoms with Gasteiger partial charge in [-0.1, -0.05) is 62.3 Å². The van der Waals surface area contributed by atoms with Crippen molar-refractivity contribution in [3.63, 3.8) is 0 Å². The molecule has 1 atom stereocenters. The predicted octanol–water partition coefficient (Wildman–Crippen LogP) is 4.34. The minimum absolute atomic E-state index is 0.435. The number of para-hydroxylation sites is 1. The highest BCUT2D eigenvalue weighted by molar-refractivity contribution is 7.13. The average Bonchev–Trinajstić information content (AvgIpc) is 2.92. The zero-order valence-corrected chi connectivity index (χ0v) is 13.9. The molecule has 0 aliphatic carbocycles.